The highest BCUT2D eigenvalue weighted by Gasteiger charge is 2.40. The molecule has 1 aliphatic heterocycles. The van der Waals surface area contributed by atoms with E-state index in [1.165, 1.54) is 7.11 Å². The highest BCUT2D eigenvalue weighted by molar-refractivity contribution is 6.74. The Morgan fingerprint density at radius 1 is 0.882 bits per heavy atom. The van der Waals surface area contributed by atoms with Crippen molar-refractivity contribution < 1.29 is 42.6 Å². The molecule has 4 bridgehead atoms. The summed E-state index contributed by atoms with van der Waals surface area (Å²) in [6.07, 6.45) is -0.137. The third-order valence-corrected chi connectivity index (χ3v) is 13.9. The molecule has 3 N–H and O–H groups in total. The number of ether oxygens (including phenoxy) is 4. The second-order valence-corrected chi connectivity index (χ2v) is 20.4. The second-order valence-electron chi connectivity index (χ2n) is 15.6. The van der Waals surface area contributed by atoms with E-state index in [0.29, 0.717) is 45.9 Å². The van der Waals surface area contributed by atoms with E-state index in [4.69, 9.17) is 23.4 Å². The van der Waals surface area contributed by atoms with Crippen LogP contribution in [0, 0.1) is 5.92 Å². The minimum absolute atomic E-state index is 0.0509. The Morgan fingerprint density at radius 2 is 1.53 bits per heavy atom. The van der Waals surface area contributed by atoms with Crippen LogP contribution < -0.4 is 29.9 Å². The maximum Gasteiger partial charge on any atom is 0.408 e. The molecule has 13 heteroatoms. The molecule has 282 valence electrons. The SMILES string of the molecule is CC[C@H](C)[C@@H]1NC(=O)[C@@H](NC(=O)OC(C)(C)C)Cc2ccc(OC)c(c2)-c2cc(cc(O[Si](C)(C)C(C)(C)C)c2OC)C[C@@H](C(=O)OC)NC1=O. The van der Waals surface area contributed by atoms with Gasteiger partial charge in [0.25, 0.3) is 8.32 Å². The predicted molar refractivity (Wildman–Crippen MR) is 199 cm³/mol. The summed E-state index contributed by atoms with van der Waals surface area (Å²) < 4.78 is 29.4. The van der Waals surface area contributed by atoms with Crippen molar-refractivity contribution in [1.82, 2.24) is 16.0 Å². The number of esters is 1. The normalized spacial score (nSPS) is 19.3. The molecule has 2 aromatic rings. The summed E-state index contributed by atoms with van der Waals surface area (Å²) in [5, 5.41) is 8.26. The van der Waals surface area contributed by atoms with Crippen molar-refractivity contribution in [2.45, 2.75) is 117 Å². The summed E-state index contributed by atoms with van der Waals surface area (Å²) in [7, 11) is 1.95. The molecule has 0 saturated carbocycles. The van der Waals surface area contributed by atoms with Gasteiger partial charge in [-0.05, 0) is 80.2 Å². The Hall–Kier alpha value is -4.26. The van der Waals surface area contributed by atoms with Crippen molar-refractivity contribution >= 4 is 32.2 Å². The van der Waals surface area contributed by atoms with Gasteiger partial charge in [0.2, 0.25) is 11.8 Å². The van der Waals surface area contributed by atoms with Crippen LogP contribution in [0.2, 0.25) is 18.1 Å². The van der Waals surface area contributed by atoms with Gasteiger partial charge in [-0.3, -0.25) is 9.59 Å². The Labute approximate surface area is 303 Å². The Kier molecular flexibility index (Phi) is 13.2. The number of amides is 3. The first kappa shape index (κ1) is 41.2. The number of fused-ring (bicyclic) bond motifs is 5. The zero-order valence-electron chi connectivity index (χ0n) is 32.5. The van der Waals surface area contributed by atoms with Gasteiger partial charge in [0.15, 0.2) is 5.75 Å². The van der Waals surface area contributed by atoms with Crippen molar-refractivity contribution in [2.75, 3.05) is 21.3 Å². The van der Waals surface area contributed by atoms with Crippen molar-refractivity contribution in [3.8, 4) is 28.4 Å². The molecule has 0 saturated heterocycles. The highest BCUT2D eigenvalue weighted by Crippen LogP contribution is 2.46. The zero-order valence-corrected chi connectivity index (χ0v) is 33.5. The molecule has 0 radical (unpaired) electrons. The molecule has 0 spiro atoms. The average molecular weight is 728 g/mol. The fraction of sp³-hybridized carbons (Fsp3) is 0.579. The number of rotatable bonds is 8. The van der Waals surface area contributed by atoms with Crippen LogP contribution in [-0.4, -0.2) is 77.3 Å². The van der Waals surface area contributed by atoms with E-state index in [0.717, 1.165) is 0 Å². The van der Waals surface area contributed by atoms with Crippen LogP contribution in [0.4, 0.5) is 4.79 Å². The molecule has 1 aliphatic rings. The average Bonchev–Trinajstić information content (AvgIpc) is 3.03. The van der Waals surface area contributed by atoms with Crippen LogP contribution in [-0.2, 0) is 36.7 Å². The lowest BCUT2D eigenvalue weighted by atomic mass is 9.94. The lowest BCUT2D eigenvalue weighted by Crippen LogP contribution is -2.58. The van der Waals surface area contributed by atoms with Gasteiger partial charge in [-0.15, -0.1) is 0 Å². The standard InChI is InChI=1S/C38H57N3O9Si/c1-14-22(2)31-34(43)39-28(35(44)48-11)20-24-18-26(32(47-10)30(21-24)50-51(12,13)38(6,7)8)25-17-23(15-16-29(25)46-9)19-27(33(42)41-31)40-36(45)49-37(3,4)5/h15-18,21-22,27-28,31H,14,19-20H2,1-13H3,(H,39,43)(H,40,45)(H,41,42)/t22-,27-,28-,31-/m0/s1. The third kappa shape index (κ3) is 10.4. The maximum absolute atomic E-state index is 14.0. The van der Waals surface area contributed by atoms with Gasteiger partial charge in [0.05, 0.1) is 21.3 Å². The topological polar surface area (TPSA) is 151 Å². The van der Waals surface area contributed by atoms with E-state index < -0.39 is 55.9 Å². The molecule has 0 aliphatic carbocycles. The van der Waals surface area contributed by atoms with E-state index in [9.17, 15) is 19.2 Å². The van der Waals surface area contributed by atoms with E-state index >= 15 is 0 Å². The minimum Gasteiger partial charge on any atom is -0.541 e. The van der Waals surface area contributed by atoms with Gasteiger partial charge in [-0.25, -0.2) is 9.59 Å². The summed E-state index contributed by atoms with van der Waals surface area (Å²) in [5.41, 5.74) is 1.79. The highest BCUT2D eigenvalue weighted by atomic mass is 28.4. The molecule has 0 aromatic heterocycles. The van der Waals surface area contributed by atoms with Crippen molar-refractivity contribution in [1.29, 1.82) is 0 Å². The van der Waals surface area contributed by atoms with Gasteiger partial charge < -0.3 is 39.3 Å². The molecule has 4 atom stereocenters. The van der Waals surface area contributed by atoms with E-state index in [1.807, 2.05) is 38.1 Å². The van der Waals surface area contributed by atoms with Gasteiger partial charge in [0.1, 0.15) is 35.2 Å². The van der Waals surface area contributed by atoms with Crippen molar-refractivity contribution in [3.63, 3.8) is 0 Å². The first-order valence-corrected chi connectivity index (χ1v) is 20.3. The van der Waals surface area contributed by atoms with Gasteiger partial charge in [0, 0.05) is 24.0 Å². The van der Waals surface area contributed by atoms with Crippen LogP contribution >= 0.6 is 0 Å². The summed E-state index contributed by atoms with van der Waals surface area (Å²) in [6, 6.07) is 5.93. The molecular weight excluding hydrogens is 671 g/mol. The van der Waals surface area contributed by atoms with Crippen molar-refractivity contribution in [2.24, 2.45) is 5.92 Å². The maximum atomic E-state index is 14.0. The number of carbonyl (C=O) groups excluding carboxylic acids is 4. The van der Waals surface area contributed by atoms with Gasteiger partial charge >= 0.3 is 12.1 Å². The first-order valence-electron chi connectivity index (χ1n) is 17.4. The summed E-state index contributed by atoms with van der Waals surface area (Å²) in [6.45, 7) is 19.6. The molecule has 0 unspecified atom stereocenters. The molecule has 12 nitrogen and oxygen atoms in total. The molecular formula is C38H57N3O9Si. The lowest BCUT2D eigenvalue weighted by molar-refractivity contribution is -0.145. The number of hydrogen-bond donors (Lipinski definition) is 3. The number of nitrogens with one attached hydrogen (secondary N) is 3. The number of methoxy groups -OCH3 is 3. The van der Waals surface area contributed by atoms with E-state index in [1.54, 1.807) is 41.1 Å². The molecule has 51 heavy (non-hydrogen) atoms. The lowest BCUT2D eigenvalue weighted by Gasteiger charge is -2.37. The number of alkyl carbamates (subject to hydrolysis) is 1. The predicted octanol–water partition coefficient (Wildman–Crippen LogP) is 5.94. The van der Waals surface area contributed by atoms with Gasteiger partial charge in [-0.1, -0.05) is 47.1 Å². The van der Waals surface area contributed by atoms with Crippen LogP contribution in [0.5, 0.6) is 17.2 Å². The molecule has 3 amide bonds. The monoisotopic (exact) mass is 727 g/mol. The number of carbonyl (C=O) groups is 4. The zero-order chi connectivity index (χ0) is 38.5. The van der Waals surface area contributed by atoms with Crippen LogP contribution in [0.25, 0.3) is 11.1 Å². The number of hydrogen-bond acceptors (Lipinski definition) is 9. The van der Waals surface area contributed by atoms with E-state index in [-0.39, 0.29) is 23.8 Å². The van der Waals surface area contributed by atoms with Crippen molar-refractivity contribution in [3.05, 3.63) is 41.5 Å². The van der Waals surface area contributed by atoms with Crippen LogP contribution in [0.15, 0.2) is 30.3 Å². The first-order chi connectivity index (χ1) is 23.6. The second kappa shape index (κ2) is 16.4. The number of benzene rings is 2. The Morgan fingerprint density at radius 3 is 2.08 bits per heavy atom. The minimum atomic E-state index is -2.42. The fourth-order valence-electron chi connectivity index (χ4n) is 5.47. The quantitative estimate of drug-likeness (QED) is 0.222. The fourth-order valence-corrected chi connectivity index (χ4v) is 6.48. The van der Waals surface area contributed by atoms with Crippen LogP contribution in [0.3, 0.4) is 0 Å². The summed E-state index contributed by atoms with van der Waals surface area (Å²) >= 11 is 0. The summed E-state index contributed by atoms with van der Waals surface area (Å²) in [4.78, 5) is 54.3. The third-order valence-electron chi connectivity index (χ3n) is 9.53. The smallest absolute Gasteiger partial charge is 0.408 e. The van der Waals surface area contributed by atoms with E-state index in [2.05, 4.69) is 49.8 Å². The Balaban J connectivity index is 2.38. The molecule has 3 rings (SSSR count). The molecule has 1 heterocycles. The van der Waals surface area contributed by atoms with Gasteiger partial charge in [-0.2, -0.15) is 0 Å². The molecule has 2 aromatic carbocycles. The van der Waals surface area contributed by atoms with Crippen LogP contribution in [0.1, 0.15) is 72.9 Å². The Bertz CT molecular complexity index is 1600. The largest absolute Gasteiger partial charge is 0.541 e. The molecule has 0 fully saturated rings. The summed E-state index contributed by atoms with van der Waals surface area (Å²) in [5.74, 6) is -0.668.